The van der Waals surface area contributed by atoms with Gasteiger partial charge in [0.2, 0.25) is 0 Å². The van der Waals surface area contributed by atoms with E-state index >= 15 is 0 Å². The van der Waals surface area contributed by atoms with Crippen molar-refractivity contribution in [2.45, 2.75) is 52.2 Å². The molecule has 0 spiro atoms. The van der Waals surface area contributed by atoms with Crippen LogP contribution in [0.15, 0.2) is 18.2 Å². The van der Waals surface area contributed by atoms with Crippen LogP contribution in [0.3, 0.4) is 0 Å². The van der Waals surface area contributed by atoms with Crippen molar-refractivity contribution in [2.75, 3.05) is 6.54 Å². The highest BCUT2D eigenvalue weighted by Gasteiger charge is 2.33. The van der Waals surface area contributed by atoms with Gasteiger partial charge in [-0.3, -0.25) is 0 Å². The van der Waals surface area contributed by atoms with Crippen molar-refractivity contribution in [2.24, 2.45) is 0 Å². The van der Waals surface area contributed by atoms with Crippen molar-refractivity contribution >= 4 is 0 Å². The van der Waals surface area contributed by atoms with Gasteiger partial charge in [-0.1, -0.05) is 24.6 Å². The monoisotopic (exact) mass is 233 g/mol. The van der Waals surface area contributed by atoms with Crippen LogP contribution in [-0.4, -0.2) is 12.1 Å². The van der Waals surface area contributed by atoms with E-state index < -0.39 is 0 Å². The summed E-state index contributed by atoms with van der Waals surface area (Å²) in [6.45, 7) is 9.73. The first-order chi connectivity index (χ1) is 8.02. The Morgan fingerprint density at radius 2 is 2.18 bits per heavy atom. The molecule has 1 unspecified atom stereocenters. The van der Waals surface area contributed by atoms with Crippen molar-refractivity contribution < 1.29 is 4.74 Å². The van der Waals surface area contributed by atoms with E-state index in [1.807, 2.05) is 0 Å². The van der Waals surface area contributed by atoms with Gasteiger partial charge in [-0.15, -0.1) is 0 Å². The molecule has 1 aliphatic rings. The van der Waals surface area contributed by atoms with Gasteiger partial charge in [0.1, 0.15) is 11.4 Å². The lowest BCUT2D eigenvalue weighted by molar-refractivity contribution is 0.0661. The van der Waals surface area contributed by atoms with Gasteiger partial charge < -0.3 is 10.1 Å². The van der Waals surface area contributed by atoms with Gasteiger partial charge in [-0.25, -0.2) is 0 Å². The van der Waals surface area contributed by atoms with Crippen molar-refractivity contribution in [3.05, 3.63) is 29.3 Å². The summed E-state index contributed by atoms with van der Waals surface area (Å²) in [4.78, 5) is 0. The van der Waals surface area contributed by atoms with Crippen molar-refractivity contribution in [3.8, 4) is 5.75 Å². The van der Waals surface area contributed by atoms with Crippen LogP contribution in [0.25, 0.3) is 0 Å². The fourth-order valence-corrected chi connectivity index (χ4v) is 2.47. The normalized spacial score (nSPS) is 21.8. The average Bonchev–Trinajstić information content (AvgIpc) is 2.26. The minimum Gasteiger partial charge on any atom is -0.487 e. The van der Waals surface area contributed by atoms with Crippen LogP contribution in [0, 0.1) is 6.92 Å². The molecule has 2 nitrogen and oxygen atoms in total. The summed E-state index contributed by atoms with van der Waals surface area (Å²) in [6.07, 6.45) is 2.20. The fourth-order valence-electron chi connectivity index (χ4n) is 2.47. The highest BCUT2D eigenvalue weighted by atomic mass is 16.5. The Morgan fingerprint density at radius 1 is 1.41 bits per heavy atom. The van der Waals surface area contributed by atoms with Gasteiger partial charge in [0.15, 0.2) is 0 Å². The SMILES string of the molecule is CCCNC1CC(C)(C)Oc2ccc(C)cc21. The van der Waals surface area contributed by atoms with E-state index in [9.17, 15) is 0 Å². The Balaban J connectivity index is 2.30. The fraction of sp³-hybridized carbons (Fsp3) is 0.600. The minimum absolute atomic E-state index is 0.0757. The standard InChI is InChI=1S/C15H23NO/c1-5-8-16-13-10-15(3,4)17-14-7-6-11(2)9-12(13)14/h6-7,9,13,16H,5,8,10H2,1-4H3. The molecule has 0 bridgehead atoms. The Morgan fingerprint density at radius 3 is 2.88 bits per heavy atom. The number of hydrogen-bond acceptors (Lipinski definition) is 2. The summed E-state index contributed by atoms with van der Waals surface area (Å²) in [6, 6.07) is 6.90. The average molecular weight is 233 g/mol. The van der Waals surface area contributed by atoms with Gasteiger partial charge in [0.05, 0.1) is 0 Å². The molecule has 0 radical (unpaired) electrons. The Kier molecular flexibility index (Phi) is 3.43. The molecule has 0 aliphatic carbocycles. The van der Waals surface area contributed by atoms with E-state index in [4.69, 9.17) is 4.74 Å². The highest BCUT2D eigenvalue weighted by molar-refractivity contribution is 5.41. The van der Waals surface area contributed by atoms with Crippen molar-refractivity contribution in [1.29, 1.82) is 0 Å². The molecule has 0 aromatic heterocycles. The molecule has 0 saturated heterocycles. The zero-order chi connectivity index (χ0) is 12.5. The molecule has 1 heterocycles. The molecule has 1 aromatic carbocycles. The van der Waals surface area contributed by atoms with E-state index in [2.05, 4.69) is 51.2 Å². The lowest BCUT2D eigenvalue weighted by atomic mass is 9.89. The van der Waals surface area contributed by atoms with Crippen molar-refractivity contribution in [1.82, 2.24) is 5.32 Å². The Labute approximate surface area is 104 Å². The molecule has 1 atom stereocenters. The maximum Gasteiger partial charge on any atom is 0.124 e. The summed E-state index contributed by atoms with van der Waals surface area (Å²) in [5, 5.41) is 3.63. The molecule has 1 aromatic rings. The van der Waals surface area contributed by atoms with Gasteiger partial charge in [-0.2, -0.15) is 0 Å². The number of ether oxygens (including phenoxy) is 1. The van der Waals surface area contributed by atoms with Gasteiger partial charge in [0.25, 0.3) is 0 Å². The molecule has 17 heavy (non-hydrogen) atoms. The number of hydrogen-bond donors (Lipinski definition) is 1. The summed E-state index contributed by atoms with van der Waals surface area (Å²) >= 11 is 0. The Hall–Kier alpha value is -1.02. The van der Waals surface area contributed by atoms with Crippen LogP contribution >= 0.6 is 0 Å². The topological polar surface area (TPSA) is 21.3 Å². The Bertz CT molecular complexity index is 398. The van der Waals surface area contributed by atoms with E-state index in [-0.39, 0.29) is 5.60 Å². The lowest BCUT2D eigenvalue weighted by Crippen LogP contribution is -2.39. The van der Waals surface area contributed by atoms with Gasteiger partial charge in [-0.05, 0) is 39.8 Å². The van der Waals surface area contributed by atoms with E-state index in [1.54, 1.807) is 0 Å². The zero-order valence-electron chi connectivity index (χ0n) is 11.3. The zero-order valence-corrected chi connectivity index (χ0v) is 11.3. The minimum atomic E-state index is -0.0757. The van der Waals surface area contributed by atoms with Crippen LogP contribution in [-0.2, 0) is 0 Å². The maximum absolute atomic E-state index is 6.04. The third kappa shape index (κ3) is 2.81. The van der Waals surface area contributed by atoms with Crippen LogP contribution in [0.4, 0.5) is 0 Å². The molecule has 0 saturated carbocycles. The summed E-state index contributed by atoms with van der Waals surface area (Å²) in [5.74, 6) is 1.04. The van der Waals surface area contributed by atoms with Gasteiger partial charge in [0, 0.05) is 18.0 Å². The van der Waals surface area contributed by atoms with E-state index in [0.29, 0.717) is 6.04 Å². The molecule has 0 amide bonds. The molecule has 1 aliphatic heterocycles. The first-order valence-corrected chi connectivity index (χ1v) is 6.55. The molecule has 1 N–H and O–H groups in total. The largest absolute Gasteiger partial charge is 0.487 e. The maximum atomic E-state index is 6.04. The summed E-state index contributed by atoms with van der Waals surface area (Å²) < 4.78 is 6.04. The molecule has 94 valence electrons. The second-order valence-corrected chi connectivity index (χ2v) is 5.61. The van der Waals surface area contributed by atoms with Crippen LogP contribution < -0.4 is 10.1 Å². The smallest absolute Gasteiger partial charge is 0.124 e. The van der Waals surface area contributed by atoms with Crippen molar-refractivity contribution in [3.63, 3.8) is 0 Å². The van der Waals surface area contributed by atoms with Crippen LogP contribution in [0.2, 0.25) is 0 Å². The summed E-state index contributed by atoms with van der Waals surface area (Å²) in [7, 11) is 0. The highest BCUT2D eigenvalue weighted by Crippen LogP contribution is 2.39. The van der Waals surface area contributed by atoms with Crippen LogP contribution in [0.5, 0.6) is 5.75 Å². The number of aryl methyl sites for hydroxylation is 1. The molecular formula is C15H23NO. The van der Waals surface area contributed by atoms with Gasteiger partial charge >= 0.3 is 0 Å². The first-order valence-electron chi connectivity index (χ1n) is 6.55. The number of benzene rings is 1. The van der Waals surface area contributed by atoms with Crippen LogP contribution in [0.1, 0.15) is 50.8 Å². The van der Waals surface area contributed by atoms with E-state index in [1.165, 1.54) is 17.5 Å². The molecule has 0 fully saturated rings. The second kappa shape index (κ2) is 4.69. The molecule has 2 heteroatoms. The number of nitrogens with one attached hydrogen (secondary N) is 1. The van der Waals surface area contributed by atoms with E-state index in [0.717, 1.165) is 18.7 Å². The number of fused-ring (bicyclic) bond motifs is 1. The molecular weight excluding hydrogens is 210 g/mol. The summed E-state index contributed by atoms with van der Waals surface area (Å²) in [5.41, 5.74) is 2.54. The number of rotatable bonds is 3. The second-order valence-electron chi connectivity index (χ2n) is 5.61. The predicted molar refractivity (Wildman–Crippen MR) is 71.5 cm³/mol. The first kappa shape index (κ1) is 12.4. The third-order valence-corrected chi connectivity index (χ3v) is 3.26. The quantitative estimate of drug-likeness (QED) is 0.861. The third-order valence-electron chi connectivity index (χ3n) is 3.26. The lowest BCUT2D eigenvalue weighted by Gasteiger charge is -2.38. The predicted octanol–water partition coefficient (Wildman–Crippen LogP) is 3.60. The molecule has 2 rings (SSSR count).